The Morgan fingerprint density at radius 3 is 2.69 bits per heavy atom. The Hall–Kier alpha value is -1.64. The molecule has 0 aliphatic carbocycles. The molecule has 3 rings (SSSR count). The van der Waals surface area contributed by atoms with Crippen LogP contribution in [0.3, 0.4) is 0 Å². The van der Waals surface area contributed by atoms with Crippen molar-refractivity contribution in [3.8, 4) is 5.75 Å². The summed E-state index contributed by atoms with van der Waals surface area (Å²) in [6.07, 6.45) is 1.92. The molecule has 0 saturated carbocycles. The third kappa shape index (κ3) is 6.42. The minimum absolute atomic E-state index is 0.0205. The van der Waals surface area contributed by atoms with Crippen LogP contribution in [0.2, 0.25) is 5.02 Å². The number of halogens is 1. The lowest BCUT2D eigenvalue weighted by Gasteiger charge is -2.38. The molecular weight excluding hydrogens is 412 g/mol. The predicted octanol–water partition coefficient (Wildman–Crippen LogP) is 2.00. The molecule has 1 heterocycles. The van der Waals surface area contributed by atoms with E-state index in [4.69, 9.17) is 16.3 Å². The fourth-order valence-electron chi connectivity index (χ4n) is 3.52. The summed E-state index contributed by atoms with van der Waals surface area (Å²) in [5, 5.41) is 14.1. The Balaban J connectivity index is 1.55. The van der Waals surface area contributed by atoms with Crippen LogP contribution in [0.15, 0.2) is 53.4 Å². The van der Waals surface area contributed by atoms with Gasteiger partial charge in [-0.3, -0.25) is 4.90 Å². The van der Waals surface area contributed by atoms with E-state index in [1.54, 1.807) is 24.3 Å². The number of rotatable bonds is 8. The van der Waals surface area contributed by atoms with Crippen molar-refractivity contribution in [2.45, 2.75) is 23.4 Å². The zero-order valence-corrected chi connectivity index (χ0v) is 18.0. The molecule has 0 bridgehead atoms. The van der Waals surface area contributed by atoms with Crippen molar-refractivity contribution in [2.24, 2.45) is 0 Å². The molecule has 0 radical (unpaired) electrons. The first-order valence-corrected chi connectivity index (χ1v) is 11.9. The van der Waals surface area contributed by atoms with Gasteiger partial charge in [0.1, 0.15) is 12.4 Å². The Labute approximate surface area is 177 Å². The van der Waals surface area contributed by atoms with Gasteiger partial charge in [0.25, 0.3) is 0 Å². The van der Waals surface area contributed by atoms with E-state index in [-0.39, 0.29) is 23.6 Å². The van der Waals surface area contributed by atoms with Gasteiger partial charge in [0.05, 0.1) is 17.5 Å². The van der Waals surface area contributed by atoms with Crippen LogP contribution in [0, 0.1) is 0 Å². The molecule has 2 atom stereocenters. The van der Waals surface area contributed by atoms with E-state index in [0.29, 0.717) is 17.4 Å². The molecular formula is C21H27ClN2O4S. The van der Waals surface area contributed by atoms with Crippen molar-refractivity contribution >= 4 is 21.4 Å². The highest BCUT2D eigenvalue weighted by atomic mass is 35.5. The Kier molecular flexibility index (Phi) is 7.54. The summed E-state index contributed by atoms with van der Waals surface area (Å²) in [5.41, 5.74) is 1.11. The second-order valence-corrected chi connectivity index (χ2v) is 9.82. The molecule has 158 valence electrons. The van der Waals surface area contributed by atoms with Crippen molar-refractivity contribution in [1.82, 2.24) is 10.2 Å². The Bertz CT molecular complexity index is 905. The lowest BCUT2D eigenvalue weighted by molar-refractivity contribution is 0.0807. The number of hydrogen-bond acceptors (Lipinski definition) is 6. The molecule has 1 saturated heterocycles. The number of aliphatic hydroxyl groups is 1. The molecule has 0 amide bonds. The summed E-state index contributed by atoms with van der Waals surface area (Å²) in [5.74, 6) is 0.633. The summed E-state index contributed by atoms with van der Waals surface area (Å²) < 4.78 is 28.9. The van der Waals surface area contributed by atoms with Crippen LogP contribution in [0.5, 0.6) is 5.75 Å². The number of piperazine rings is 1. The highest BCUT2D eigenvalue weighted by molar-refractivity contribution is 7.90. The van der Waals surface area contributed by atoms with Crippen molar-refractivity contribution in [2.75, 3.05) is 39.1 Å². The number of nitrogens with one attached hydrogen (secondary N) is 1. The number of sulfone groups is 1. The number of nitrogens with zero attached hydrogens (tertiary/aromatic N) is 1. The van der Waals surface area contributed by atoms with Gasteiger partial charge < -0.3 is 15.2 Å². The van der Waals surface area contributed by atoms with Gasteiger partial charge in [-0.25, -0.2) is 8.42 Å². The van der Waals surface area contributed by atoms with Gasteiger partial charge in [0, 0.05) is 37.0 Å². The van der Waals surface area contributed by atoms with Gasteiger partial charge in [0.15, 0.2) is 9.84 Å². The zero-order chi connectivity index (χ0) is 20.9. The van der Waals surface area contributed by atoms with Crippen molar-refractivity contribution < 1.29 is 18.3 Å². The van der Waals surface area contributed by atoms with E-state index in [0.717, 1.165) is 31.6 Å². The fourth-order valence-corrected chi connectivity index (χ4v) is 4.36. The highest BCUT2D eigenvalue weighted by Gasteiger charge is 2.26. The summed E-state index contributed by atoms with van der Waals surface area (Å²) in [6.45, 7) is 2.96. The third-order valence-electron chi connectivity index (χ3n) is 5.08. The maximum absolute atomic E-state index is 11.5. The molecule has 2 unspecified atom stereocenters. The number of benzene rings is 2. The first-order valence-electron chi connectivity index (χ1n) is 9.61. The van der Waals surface area contributed by atoms with E-state index in [1.165, 1.54) is 6.26 Å². The molecule has 1 aliphatic rings. The summed E-state index contributed by atoms with van der Waals surface area (Å²) in [4.78, 5) is 2.55. The average molecular weight is 439 g/mol. The quantitative estimate of drug-likeness (QED) is 0.656. The molecule has 6 nitrogen and oxygen atoms in total. The second kappa shape index (κ2) is 9.91. The minimum atomic E-state index is -3.21. The first-order chi connectivity index (χ1) is 13.8. The summed E-state index contributed by atoms with van der Waals surface area (Å²) >= 11 is 6.08. The van der Waals surface area contributed by atoms with Crippen LogP contribution in [0.1, 0.15) is 5.56 Å². The maximum atomic E-state index is 11.5. The molecule has 0 spiro atoms. The monoisotopic (exact) mass is 438 g/mol. The number of ether oxygens (including phenoxy) is 1. The van der Waals surface area contributed by atoms with E-state index < -0.39 is 9.84 Å². The Morgan fingerprint density at radius 2 is 2.03 bits per heavy atom. The molecule has 8 heteroatoms. The largest absolute Gasteiger partial charge is 0.492 e. The maximum Gasteiger partial charge on any atom is 0.175 e. The van der Waals surface area contributed by atoms with E-state index in [2.05, 4.69) is 10.2 Å². The van der Waals surface area contributed by atoms with Gasteiger partial charge in [-0.2, -0.15) is 0 Å². The molecule has 2 N–H and O–H groups in total. The van der Waals surface area contributed by atoms with Gasteiger partial charge in [-0.05, 0) is 48.4 Å². The summed E-state index contributed by atoms with van der Waals surface area (Å²) in [6, 6.07) is 14.3. The van der Waals surface area contributed by atoms with Gasteiger partial charge in [0.2, 0.25) is 0 Å². The first kappa shape index (κ1) is 22.1. The lowest BCUT2D eigenvalue weighted by Crippen LogP contribution is -2.57. The van der Waals surface area contributed by atoms with E-state index in [1.807, 2.05) is 24.3 Å². The average Bonchev–Trinajstić information content (AvgIpc) is 2.70. The molecule has 0 aromatic heterocycles. The van der Waals surface area contributed by atoms with Crippen LogP contribution < -0.4 is 10.1 Å². The van der Waals surface area contributed by atoms with Crippen LogP contribution in [0.25, 0.3) is 0 Å². The van der Waals surface area contributed by atoms with Gasteiger partial charge in [-0.15, -0.1) is 0 Å². The topological polar surface area (TPSA) is 78.9 Å². The number of aliphatic hydroxyl groups excluding tert-OH is 1. The van der Waals surface area contributed by atoms with E-state index >= 15 is 0 Å². The van der Waals surface area contributed by atoms with Crippen LogP contribution >= 0.6 is 11.6 Å². The van der Waals surface area contributed by atoms with Crippen molar-refractivity contribution in [3.05, 3.63) is 59.1 Å². The SMILES string of the molecule is CS(=O)(=O)c1ccc(OCC2CN(C(CO)Cc3cccc(Cl)c3)CCN2)cc1. The van der Waals surface area contributed by atoms with E-state index in [9.17, 15) is 13.5 Å². The Morgan fingerprint density at radius 1 is 1.28 bits per heavy atom. The molecule has 29 heavy (non-hydrogen) atoms. The van der Waals surface area contributed by atoms with Crippen LogP contribution in [-0.4, -0.2) is 69.6 Å². The van der Waals surface area contributed by atoms with Gasteiger partial charge in [-0.1, -0.05) is 23.7 Å². The third-order valence-corrected chi connectivity index (χ3v) is 6.44. The van der Waals surface area contributed by atoms with Crippen molar-refractivity contribution in [3.63, 3.8) is 0 Å². The lowest BCUT2D eigenvalue weighted by atomic mass is 10.0. The molecule has 1 fully saturated rings. The fraction of sp³-hybridized carbons (Fsp3) is 0.429. The summed E-state index contributed by atoms with van der Waals surface area (Å²) in [7, 11) is -3.21. The molecule has 2 aromatic carbocycles. The van der Waals surface area contributed by atoms with Crippen LogP contribution in [-0.2, 0) is 16.3 Å². The molecule has 2 aromatic rings. The smallest absolute Gasteiger partial charge is 0.175 e. The van der Waals surface area contributed by atoms with Crippen molar-refractivity contribution in [1.29, 1.82) is 0 Å². The normalized spacial score (nSPS) is 19.1. The zero-order valence-electron chi connectivity index (χ0n) is 16.4. The predicted molar refractivity (Wildman–Crippen MR) is 114 cm³/mol. The van der Waals surface area contributed by atoms with Crippen LogP contribution in [0.4, 0.5) is 0 Å². The highest BCUT2D eigenvalue weighted by Crippen LogP contribution is 2.18. The second-order valence-electron chi connectivity index (χ2n) is 7.37. The minimum Gasteiger partial charge on any atom is -0.492 e. The number of hydrogen-bond donors (Lipinski definition) is 2. The van der Waals surface area contributed by atoms with Gasteiger partial charge >= 0.3 is 0 Å². The molecule has 1 aliphatic heterocycles. The standard InChI is InChI=1S/C21H27ClN2O4S/c1-29(26,27)21-7-5-20(6-8-21)28-15-18-13-24(10-9-23-18)19(14-25)12-16-3-2-4-17(22)11-16/h2-8,11,18-19,23,25H,9-10,12-15H2,1H3.